The zero-order chi connectivity index (χ0) is 49.5. The van der Waals surface area contributed by atoms with Gasteiger partial charge in [-0.05, 0) is 50.6 Å². The molecule has 4 amide bonds. The van der Waals surface area contributed by atoms with E-state index in [1.165, 1.54) is 11.3 Å². The fourth-order valence-corrected chi connectivity index (χ4v) is 9.51. The Morgan fingerprint density at radius 3 is 2.12 bits per heavy atom. The minimum absolute atomic E-state index is 0.00868. The number of ether oxygens (including phenoxy) is 5. The molecule has 0 aliphatic carbocycles. The summed E-state index contributed by atoms with van der Waals surface area (Å²) in [6, 6.07) is 7.24. The van der Waals surface area contributed by atoms with Crippen LogP contribution >= 0.6 is 11.3 Å². The normalized spacial score (nSPS) is 17.6. The van der Waals surface area contributed by atoms with Gasteiger partial charge in [0.25, 0.3) is 0 Å². The van der Waals surface area contributed by atoms with Crippen LogP contribution in [0.1, 0.15) is 83.8 Å². The molecular weight excluding hydrogens is 879 g/mol. The first-order valence-corrected chi connectivity index (χ1v) is 24.6. The number of aromatic nitrogens is 1. The number of carbonyl (C=O) groups excluding carboxylic acids is 4. The number of likely N-dealkylation sites (N-methyl/N-ethyl adjacent to an activating group) is 2. The molecule has 0 bridgehead atoms. The number of methoxy groups -OCH3 is 2. The van der Waals surface area contributed by atoms with E-state index in [1.807, 2.05) is 87.2 Å². The van der Waals surface area contributed by atoms with Gasteiger partial charge < -0.3 is 49.0 Å². The number of nitrogens with zero attached hydrogens (tertiary/aromatic N) is 4. The standard InChI is InChI=1S/C49H81N7O10S/c1-12-35(6)44(55(9)49(60)42(33(2)3)53-47(59)43(34(4)5)54(8)22-23-63-24-25-64-26-27-65-28-29-66-50)40(61-10)32-41(57)56-21-16-19-39(56)45(62-11)36(7)46(58)52-38(48-51-20-30-67-48)31-37-17-14-13-15-18-37/h13-15,17-18,20,30,33,35-36,38-40,42-45H,4,12,16,19,21-29,31-32,50H2,1-3,5-11H3,(H,52,58)(H,53,59). The van der Waals surface area contributed by atoms with Gasteiger partial charge in [0.1, 0.15) is 17.1 Å². The molecule has 1 aromatic carbocycles. The lowest BCUT2D eigenvalue weighted by molar-refractivity contribution is -0.148. The SMILES string of the molecule is C=C(C)C(C(=O)NC(C(=O)N(C)C(C(C)CC)C(CC(=O)N1CCCC1C(OC)C(C)C(=O)NC(Cc1ccccc1)c1nccs1)OC)C(C)C)N(C)CCOCCOCCOCCON. The summed E-state index contributed by atoms with van der Waals surface area (Å²) in [5, 5.41) is 9.00. The van der Waals surface area contributed by atoms with Crippen molar-refractivity contribution in [3.63, 3.8) is 0 Å². The highest BCUT2D eigenvalue weighted by Gasteiger charge is 2.43. The van der Waals surface area contributed by atoms with Gasteiger partial charge in [0, 0.05) is 45.9 Å². The summed E-state index contributed by atoms with van der Waals surface area (Å²) in [6.45, 7) is 19.2. The Hall–Kier alpha value is -3.85. The molecule has 0 saturated carbocycles. The molecule has 18 heteroatoms. The van der Waals surface area contributed by atoms with E-state index in [1.54, 1.807) is 39.3 Å². The summed E-state index contributed by atoms with van der Waals surface area (Å²) in [6.07, 6.45) is 3.24. The Balaban J connectivity index is 1.68. The number of amides is 4. The zero-order valence-electron chi connectivity index (χ0n) is 41.8. The monoisotopic (exact) mass is 960 g/mol. The Labute approximate surface area is 403 Å². The number of hydrogen-bond acceptors (Lipinski definition) is 14. The Bertz CT molecular complexity index is 1760. The maximum atomic E-state index is 14.6. The summed E-state index contributed by atoms with van der Waals surface area (Å²) < 4.78 is 28.8. The van der Waals surface area contributed by atoms with Crippen molar-refractivity contribution in [3.8, 4) is 0 Å². The molecular formula is C49H81N7O10S. The van der Waals surface area contributed by atoms with Crippen molar-refractivity contribution >= 4 is 35.0 Å². The van der Waals surface area contributed by atoms with E-state index in [0.29, 0.717) is 84.2 Å². The number of benzene rings is 1. The van der Waals surface area contributed by atoms with Crippen LogP contribution in [0, 0.1) is 17.8 Å². The second-order valence-corrected chi connectivity index (χ2v) is 18.8. The highest BCUT2D eigenvalue weighted by molar-refractivity contribution is 7.09. The van der Waals surface area contributed by atoms with Crippen molar-refractivity contribution in [3.05, 3.63) is 64.6 Å². The van der Waals surface area contributed by atoms with Crippen LogP contribution in [0.2, 0.25) is 0 Å². The molecule has 3 rings (SSSR count). The van der Waals surface area contributed by atoms with E-state index in [0.717, 1.165) is 17.0 Å². The number of nitrogens with two attached hydrogens (primary N) is 1. The first-order valence-electron chi connectivity index (χ1n) is 23.7. The fraction of sp³-hybridized carbons (Fsp3) is 0.694. The molecule has 1 aliphatic heterocycles. The number of rotatable bonds is 33. The Kier molecular flexibility index (Phi) is 26.2. The van der Waals surface area contributed by atoms with Crippen LogP contribution in [-0.4, -0.2) is 167 Å². The summed E-state index contributed by atoms with van der Waals surface area (Å²) in [5.41, 5.74) is 1.70. The van der Waals surface area contributed by atoms with Crippen molar-refractivity contribution in [1.82, 2.24) is 30.3 Å². The molecule has 1 aromatic heterocycles. The van der Waals surface area contributed by atoms with Gasteiger partial charge in [-0.1, -0.05) is 83.5 Å². The van der Waals surface area contributed by atoms with Gasteiger partial charge in [-0.15, -0.1) is 11.3 Å². The molecule has 2 aromatic rings. The number of likely N-dealkylation sites (tertiary alicyclic amines) is 1. The smallest absolute Gasteiger partial charge is 0.245 e. The first-order chi connectivity index (χ1) is 32.1. The predicted molar refractivity (Wildman–Crippen MR) is 260 cm³/mol. The second kappa shape index (κ2) is 30.6. The fourth-order valence-electron chi connectivity index (χ4n) is 8.82. The molecule has 1 aliphatic rings. The van der Waals surface area contributed by atoms with E-state index in [9.17, 15) is 19.2 Å². The highest BCUT2D eigenvalue weighted by atomic mass is 32.1. The zero-order valence-corrected chi connectivity index (χ0v) is 42.6. The van der Waals surface area contributed by atoms with Gasteiger partial charge in [0.15, 0.2) is 0 Å². The number of hydrogen-bond donors (Lipinski definition) is 3. The van der Waals surface area contributed by atoms with Crippen molar-refractivity contribution in [1.29, 1.82) is 0 Å². The molecule has 0 spiro atoms. The molecule has 67 heavy (non-hydrogen) atoms. The lowest BCUT2D eigenvalue weighted by Crippen LogP contribution is -2.59. The average molecular weight is 960 g/mol. The molecule has 4 N–H and O–H groups in total. The van der Waals surface area contributed by atoms with E-state index in [2.05, 4.69) is 27.0 Å². The third kappa shape index (κ3) is 17.9. The van der Waals surface area contributed by atoms with E-state index in [-0.39, 0.29) is 54.0 Å². The van der Waals surface area contributed by atoms with Crippen LogP contribution < -0.4 is 16.5 Å². The van der Waals surface area contributed by atoms with Gasteiger partial charge >= 0.3 is 0 Å². The Morgan fingerprint density at radius 1 is 0.925 bits per heavy atom. The number of thiazole rings is 1. The molecule has 2 heterocycles. The second-order valence-electron chi connectivity index (χ2n) is 17.9. The lowest BCUT2D eigenvalue weighted by atomic mass is 9.89. The summed E-state index contributed by atoms with van der Waals surface area (Å²) in [7, 11) is 6.70. The van der Waals surface area contributed by atoms with E-state index < -0.39 is 36.3 Å². The van der Waals surface area contributed by atoms with Crippen LogP contribution in [0.5, 0.6) is 0 Å². The van der Waals surface area contributed by atoms with Crippen LogP contribution in [0.4, 0.5) is 0 Å². The largest absolute Gasteiger partial charge is 0.379 e. The summed E-state index contributed by atoms with van der Waals surface area (Å²) in [5.74, 6) is 3.13. The maximum absolute atomic E-state index is 14.6. The molecule has 9 atom stereocenters. The van der Waals surface area contributed by atoms with E-state index in [4.69, 9.17) is 29.6 Å². The molecule has 9 unspecified atom stereocenters. The Morgan fingerprint density at radius 2 is 1.57 bits per heavy atom. The van der Waals surface area contributed by atoms with Gasteiger partial charge in [0.2, 0.25) is 23.6 Å². The number of nitrogens with one attached hydrogen (secondary N) is 2. The summed E-state index contributed by atoms with van der Waals surface area (Å²) in [4.78, 5) is 71.3. The molecule has 1 saturated heterocycles. The van der Waals surface area contributed by atoms with E-state index >= 15 is 0 Å². The molecule has 0 radical (unpaired) electrons. The minimum Gasteiger partial charge on any atom is -0.379 e. The number of carbonyl (C=O) groups is 4. The lowest BCUT2D eigenvalue weighted by Gasteiger charge is -2.41. The van der Waals surface area contributed by atoms with Crippen molar-refractivity contribution < 1.29 is 47.7 Å². The quantitative estimate of drug-likeness (QED) is 0.0518. The van der Waals surface area contributed by atoms with Crippen LogP contribution in [-0.2, 0) is 54.1 Å². The average Bonchev–Trinajstić information content (AvgIpc) is 4.03. The topological polar surface area (TPSA) is 196 Å². The van der Waals surface area contributed by atoms with Crippen molar-refractivity contribution in [2.24, 2.45) is 23.7 Å². The third-order valence-corrected chi connectivity index (χ3v) is 13.6. The summed E-state index contributed by atoms with van der Waals surface area (Å²) >= 11 is 1.50. The van der Waals surface area contributed by atoms with Crippen LogP contribution in [0.25, 0.3) is 0 Å². The van der Waals surface area contributed by atoms with Gasteiger partial charge in [0.05, 0.1) is 88.9 Å². The van der Waals surface area contributed by atoms with Crippen molar-refractivity contribution in [2.75, 3.05) is 87.7 Å². The third-order valence-electron chi connectivity index (χ3n) is 12.7. The first kappa shape index (κ1) is 57.5. The van der Waals surface area contributed by atoms with Gasteiger partial charge in [-0.3, -0.25) is 24.1 Å². The molecule has 17 nitrogen and oxygen atoms in total. The van der Waals surface area contributed by atoms with Crippen molar-refractivity contribution in [2.45, 2.75) is 116 Å². The van der Waals surface area contributed by atoms with Gasteiger partial charge in [-0.25, -0.2) is 10.9 Å². The molecule has 1 fully saturated rings. The predicted octanol–water partition coefficient (Wildman–Crippen LogP) is 4.42. The van der Waals surface area contributed by atoms with Gasteiger partial charge in [-0.2, -0.15) is 0 Å². The van der Waals surface area contributed by atoms with Crippen LogP contribution in [0.15, 0.2) is 54.1 Å². The minimum atomic E-state index is -0.867. The van der Waals surface area contributed by atoms with Crippen LogP contribution in [0.3, 0.4) is 0 Å². The highest BCUT2D eigenvalue weighted by Crippen LogP contribution is 2.30. The molecule has 378 valence electrons. The maximum Gasteiger partial charge on any atom is 0.245 e.